The second-order valence-corrected chi connectivity index (χ2v) is 30.2. The zero-order valence-corrected chi connectivity index (χ0v) is 28.4. The molecule has 38 heavy (non-hydrogen) atoms. The van der Waals surface area contributed by atoms with Crippen LogP contribution in [0.2, 0.25) is 76.6 Å². The number of unbranched alkanes of at least 4 members (excludes halogenated alkanes) is 2. The van der Waals surface area contributed by atoms with Gasteiger partial charge >= 0.3 is 0 Å². The van der Waals surface area contributed by atoms with E-state index in [-0.39, 0.29) is 41.3 Å². The third kappa shape index (κ3) is 22.6. The number of rotatable bonds is 19. The Morgan fingerprint density at radius 2 is 0.895 bits per heavy atom. The van der Waals surface area contributed by atoms with E-state index < -0.39 is 33.3 Å². The zero-order valence-electron chi connectivity index (χ0n) is 24.4. The first-order valence-corrected chi connectivity index (χ1v) is 26.1. The van der Waals surface area contributed by atoms with Crippen LogP contribution in [0.15, 0.2) is 12.3 Å². The molecule has 0 atom stereocenters. The van der Waals surface area contributed by atoms with Gasteiger partial charge in [-0.2, -0.15) is 0 Å². The smallest absolute Gasteiger partial charge is 0.269 e. The summed E-state index contributed by atoms with van der Waals surface area (Å²) in [6.45, 7) is 28.4. The van der Waals surface area contributed by atoms with Crippen molar-refractivity contribution in [2.45, 2.75) is 159 Å². The van der Waals surface area contributed by atoms with E-state index in [0.717, 1.165) is 38.0 Å². The van der Waals surface area contributed by atoms with Crippen molar-refractivity contribution in [2.24, 2.45) is 5.73 Å². The van der Waals surface area contributed by atoms with Crippen molar-refractivity contribution in [1.82, 2.24) is 4.90 Å². The summed E-state index contributed by atoms with van der Waals surface area (Å²) in [5.41, 5.74) is 5.95. The number of amides is 1. The molecule has 0 aromatic carbocycles. The van der Waals surface area contributed by atoms with Crippen LogP contribution >= 0.6 is 0 Å². The molecule has 5 nitrogen and oxygen atoms in total. The fraction of sp³-hybridized carbons (Fsp3) is 0.897. The Hall–Kier alpha value is -0.202. The molecule has 0 aliphatic rings. The summed E-state index contributed by atoms with van der Waals surface area (Å²) in [6.07, 6.45) is 6.89. The van der Waals surface area contributed by atoms with Crippen LogP contribution in [0.25, 0.3) is 0 Å². The molecule has 1 amide bonds. The summed E-state index contributed by atoms with van der Waals surface area (Å²) in [7, 11) is -6.72. The normalized spacial score (nSPS) is 11.8. The van der Waals surface area contributed by atoms with Crippen LogP contribution in [0.3, 0.4) is 0 Å². The van der Waals surface area contributed by atoms with Gasteiger partial charge in [0.25, 0.3) is 5.91 Å². The standard InChI is InChI=1S/C25H58N2O3Si4.4CH4/c1-12-14-20-31(4,5)29-33(8,9)22-16-18-27(25(28)24(3)26)19-17-23-34(10,11)30-32(6,7)21-15-13-2;;;;/h3,12-23,26H2,1-2,4-11H3;4*1H4. The highest BCUT2D eigenvalue weighted by Gasteiger charge is 2.34. The van der Waals surface area contributed by atoms with Gasteiger partial charge in [-0.25, -0.2) is 0 Å². The van der Waals surface area contributed by atoms with Crippen LogP contribution in [-0.4, -0.2) is 57.2 Å². The van der Waals surface area contributed by atoms with Crippen molar-refractivity contribution in [1.29, 1.82) is 0 Å². The maximum atomic E-state index is 12.7. The summed E-state index contributed by atoms with van der Waals surface area (Å²) in [4.78, 5) is 14.6. The van der Waals surface area contributed by atoms with Crippen molar-refractivity contribution >= 4 is 39.2 Å². The summed E-state index contributed by atoms with van der Waals surface area (Å²) >= 11 is 0. The molecule has 0 saturated heterocycles. The molecule has 0 aliphatic carbocycles. The first kappa shape index (κ1) is 47.6. The van der Waals surface area contributed by atoms with Crippen molar-refractivity contribution in [2.75, 3.05) is 13.1 Å². The maximum Gasteiger partial charge on any atom is 0.269 e. The Balaban J connectivity index is -0.000000907. The largest absolute Gasteiger partial charge is 0.455 e. The van der Waals surface area contributed by atoms with Crippen LogP contribution in [0.1, 0.15) is 82.1 Å². The maximum absolute atomic E-state index is 12.7. The molecule has 0 saturated carbocycles. The van der Waals surface area contributed by atoms with E-state index in [0.29, 0.717) is 0 Å². The minimum atomic E-state index is -1.76. The first-order valence-electron chi connectivity index (χ1n) is 13.6. The van der Waals surface area contributed by atoms with Crippen LogP contribution in [0.5, 0.6) is 0 Å². The van der Waals surface area contributed by atoms with E-state index in [1.54, 1.807) is 0 Å². The average molecular weight is 611 g/mol. The lowest BCUT2D eigenvalue weighted by molar-refractivity contribution is -0.127. The predicted molar refractivity (Wildman–Crippen MR) is 187 cm³/mol. The van der Waals surface area contributed by atoms with E-state index in [1.807, 2.05) is 4.90 Å². The van der Waals surface area contributed by atoms with Crippen LogP contribution in [0, 0.1) is 0 Å². The molecule has 0 unspecified atom stereocenters. The van der Waals surface area contributed by atoms with Gasteiger partial charge in [0.1, 0.15) is 0 Å². The highest BCUT2D eigenvalue weighted by atomic mass is 28.4. The molecular weight excluding hydrogens is 537 g/mol. The zero-order chi connectivity index (χ0) is 26.6. The van der Waals surface area contributed by atoms with E-state index in [4.69, 9.17) is 14.0 Å². The summed E-state index contributed by atoms with van der Waals surface area (Å²) in [5, 5.41) is 0. The van der Waals surface area contributed by atoms with Gasteiger partial charge in [-0.1, -0.05) is 75.8 Å². The van der Waals surface area contributed by atoms with Gasteiger partial charge in [-0.05, 0) is 89.4 Å². The molecular formula is C29H74N2O3Si4. The van der Waals surface area contributed by atoms with Gasteiger partial charge in [-0.15, -0.1) is 0 Å². The van der Waals surface area contributed by atoms with Gasteiger partial charge in [-0.3, -0.25) is 4.79 Å². The molecule has 9 heteroatoms. The molecule has 0 spiro atoms. The molecule has 0 aromatic rings. The van der Waals surface area contributed by atoms with Gasteiger partial charge in [0.15, 0.2) is 33.3 Å². The Kier molecular flexibility index (Phi) is 27.0. The molecule has 0 heterocycles. The second kappa shape index (κ2) is 21.5. The van der Waals surface area contributed by atoms with Crippen molar-refractivity contribution < 1.29 is 13.0 Å². The third-order valence-corrected chi connectivity index (χ3v) is 21.4. The van der Waals surface area contributed by atoms with Crippen molar-refractivity contribution in [3.8, 4) is 0 Å². The number of nitrogens with two attached hydrogens (primary N) is 1. The van der Waals surface area contributed by atoms with Gasteiger partial charge in [0, 0.05) is 13.1 Å². The fourth-order valence-electron chi connectivity index (χ4n) is 4.81. The third-order valence-electron chi connectivity index (χ3n) is 6.35. The topological polar surface area (TPSA) is 64.8 Å². The summed E-state index contributed by atoms with van der Waals surface area (Å²) < 4.78 is 13.5. The van der Waals surface area contributed by atoms with Gasteiger partial charge in [0.2, 0.25) is 0 Å². The van der Waals surface area contributed by atoms with Crippen molar-refractivity contribution in [3.63, 3.8) is 0 Å². The van der Waals surface area contributed by atoms with Crippen LogP contribution in [0.4, 0.5) is 0 Å². The van der Waals surface area contributed by atoms with Crippen LogP contribution < -0.4 is 5.73 Å². The molecule has 2 N–H and O–H groups in total. The fourth-order valence-corrected chi connectivity index (χ4v) is 22.8. The van der Waals surface area contributed by atoms with Gasteiger partial charge in [0.05, 0.1) is 5.70 Å². The number of carbonyl (C=O) groups is 1. The highest BCUT2D eigenvalue weighted by Crippen LogP contribution is 2.26. The summed E-state index contributed by atoms with van der Waals surface area (Å²) in [5.74, 6) is -0.115. The molecule has 234 valence electrons. The van der Waals surface area contributed by atoms with E-state index in [2.05, 4.69) is 72.8 Å². The predicted octanol–water partition coefficient (Wildman–Crippen LogP) is 10.1. The first-order chi connectivity index (χ1) is 15.5. The lowest BCUT2D eigenvalue weighted by Crippen LogP contribution is -2.45. The van der Waals surface area contributed by atoms with E-state index in [9.17, 15) is 4.79 Å². The van der Waals surface area contributed by atoms with Crippen molar-refractivity contribution in [3.05, 3.63) is 12.3 Å². The minimum Gasteiger partial charge on any atom is -0.455 e. The highest BCUT2D eigenvalue weighted by molar-refractivity contribution is 6.85. The second-order valence-electron chi connectivity index (χ2n) is 12.5. The summed E-state index contributed by atoms with van der Waals surface area (Å²) in [6, 6.07) is 4.60. The molecule has 0 bridgehead atoms. The Morgan fingerprint density at radius 3 is 1.13 bits per heavy atom. The molecule has 0 aliphatic heterocycles. The van der Waals surface area contributed by atoms with Gasteiger partial charge < -0.3 is 18.9 Å². The number of hydrogen-bond acceptors (Lipinski definition) is 4. The Labute approximate surface area is 246 Å². The van der Waals surface area contributed by atoms with E-state index >= 15 is 0 Å². The molecule has 0 rings (SSSR count). The lowest BCUT2D eigenvalue weighted by atomic mass is 10.3. The number of carbonyl (C=O) groups excluding carboxylic acids is 1. The Bertz CT molecular complexity index is 587. The Morgan fingerprint density at radius 1 is 0.632 bits per heavy atom. The van der Waals surface area contributed by atoms with E-state index in [1.165, 1.54) is 37.8 Å². The lowest BCUT2D eigenvalue weighted by Gasteiger charge is -2.35. The molecule has 0 aromatic heterocycles. The van der Waals surface area contributed by atoms with Crippen LogP contribution in [-0.2, 0) is 13.0 Å². The average Bonchev–Trinajstić information content (AvgIpc) is 2.67. The quantitative estimate of drug-likeness (QED) is 0.117. The molecule has 0 radical (unpaired) electrons. The number of nitrogens with zero attached hydrogens (tertiary/aromatic N) is 1. The minimum absolute atomic E-state index is 0. The monoisotopic (exact) mass is 610 g/mol. The molecule has 0 fully saturated rings. The SMILES string of the molecule is C.C.C.C.C=C(N)C(=O)N(CCC[Si](C)(C)O[Si](C)(C)CCCC)CCC[Si](C)(C)O[Si](C)(C)CCCC. The number of hydrogen-bond donors (Lipinski definition) is 1.